The molecule has 0 aromatic rings. The summed E-state index contributed by atoms with van der Waals surface area (Å²) < 4.78 is 22.0. The van der Waals surface area contributed by atoms with Gasteiger partial charge in [-0.25, -0.2) is 8.93 Å². The molecule has 0 aromatic carbocycles. The fourth-order valence-electron chi connectivity index (χ4n) is 0.896. The van der Waals surface area contributed by atoms with Crippen LogP contribution in [0.15, 0.2) is 0 Å². The fraction of sp³-hybridized carbons (Fsp3) is 1.00. The van der Waals surface area contributed by atoms with Gasteiger partial charge in [-0.3, -0.25) is 4.55 Å². The Morgan fingerprint density at radius 2 is 1.92 bits per heavy atom. The minimum absolute atomic E-state index is 0.0161. The molecular formula is C7H17NO2S2. The number of hydrogen-bond acceptors (Lipinski definition) is 2. The van der Waals surface area contributed by atoms with Crippen LogP contribution in [0.1, 0.15) is 33.6 Å². The molecule has 0 radical (unpaired) electrons. The molecule has 0 aromatic heterocycles. The Balaban J connectivity index is 3.68. The Morgan fingerprint density at radius 3 is 2.25 bits per heavy atom. The number of hydrogen-bond donors (Lipinski definition) is 2. The maximum atomic E-state index is 10.7. The molecule has 3 nitrogen and oxygen atoms in total. The molecule has 5 heteroatoms. The van der Waals surface area contributed by atoms with E-state index in [-0.39, 0.29) is 6.04 Å². The molecule has 74 valence electrons. The summed E-state index contributed by atoms with van der Waals surface area (Å²) in [6, 6.07) is 0.0161. The summed E-state index contributed by atoms with van der Waals surface area (Å²) in [7, 11) is -3.19. The van der Waals surface area contributed by atoms with E-state index in [1.807, 2.05) is 6.92 Å². The lowest BCUT2D eigenvalue weighted by Crippen LogP contribution is -2.31. The summed E-state index contributed by atoms with van der Waals surface area (Å²) in [5, 5.41) is 0. The largest absolute Gasteiger partial charge is 0.294 e. The zero-order chi connectivity index (χ0) is 9.78. The Hall–Kier alpha value is 0.290. The second-order valence-corrected chi connectivity index (χ2v) is 6.01. The first-order valence-corrected chi connectivity index (χ1v) is 6.50. The van der Waals surface area contributed by atoms with Crippen molar-refractivity contribution < 1.29 is 8.76 Å². The van der Waals surface area contributed by atoms with Crippen molar-refractivity contribution >= 4 is 20.1 Å². The highest BCUT2D eigenvalue weighted by atomic mass is 32.8. The van der Waals surface area contributed by atoms with Gasteiger partial charge in [0.2, 0.25) is 8.96 Å². The van der Waals surface area contributed by atoms with E-state index in [9.17, 15) is 4.21 Å². The van der Waals surface area contributed by atoms with E-state index in [4.69, 9.17) is 4.55 Å². The van der Waals surface area contributed by atoms with Crippen LogP contribution in [0.25, 0.3) is 0 Å². The second-order valence-electron chi connectivity index (χ2n) is 3.47. The quantitative estimate of drug-likeness (QED) is 0.725. The van der Waals surface area contributed by atoms with E-state index in [0.717, 1.165) is 12.8 Å². The third-order valence-corrected chi connectivity index (χ3v) is 2.52. The zero-order valence-corrected chi connectivity index (χ0v) is 9.37. The summed E-state index contributed by atoms with van der Waals surface area (Å²) in [4.78, 5) is 0. The van der Waals surface area contributed by atoms with Gasteiger partial charge < -0.3 is 0 Å². The van der Waals surface area contributed by atoms with E-state index >= 15 is 0 Å². The van der Waals surface area contributed by atoms with Gasteiger partial charge >= 0.3 is 0 Å². The van der Waals surface area contributed by atoms with Crippen LogP contribution in [0.2, 0.25) is 0 Å². The molecule has 0 amide bonds. The predicted molar refractivity (Wildman–Crippen MR) is 54.8 cm³/mol. The summed E-state index contributed by atoms with van der Waals surface area (Å²) in [6.07, 6.45) is 1.92. The van der Waals surface area contributed by atoms with E-state index < -0.39 is 8.96 Å². The topological polar surface area (TPSA) is 49.3 Å². The van der Waals surface area contributed by atoms with Gasteiger partial charge in [0.15, 0.2) is 0 Å². The molecule has 0 rings (SSSR count). The molecule has 2 atom stereocenters. The van der Waals surface area contributed by atoms with Gasteiger partial charge in [-0.2, -0.15) is 0 Å². The molecule has 0 saturated carbocycles. The van der Waals surface area contributed by atoms with Crippen molar-refractivity contribution in [3.8, 4) is 0 Å². The van der Waals surface area contributed by atoms with Gasteiger partial charge in [-0.1, -0.05) is 13.8 Å². The summed E-state index contributed by atoms with van der Waals surface area (Å²) in [5.41, 5.74) is 0. The molecule has 0 aliphatic heterocycles. The normalized spacial score (nSPS) is 19.1. The molecular weight excluding hydrogens is 194 g/mol. The van der Waals surface area contributed by atoms with Crippen LogP contribution in [-0.4, -0.2) is 14.8 Å². The summed E-state index contributed by atoms with van der Waals surface area (Å²) in [5.74, 6) is 0.620. The van der Waals surface area contributed by atoms with E-state index in [1.54, 1.807) is 0 Å². The molecule has 0 bridgehead atoms. The van der Waals surface area contributed by atoms with Gasteiger partial charge in [-0.15, -0.1) is 0 Å². The average Bonchev–Trinajstić information content (AvgIpc) is 1.79. The van der Waals surface area contributed by atoms with Gasteiger partial charge in [0.05, 0.1) is 0 Å². The summed E-state index contributed by atoms with van der Waals surface area (Å²) >= 11 is 4.31. The molecule has 0 aliphatic carbocycles. The highest BCUT2D eigenvalue weighted by Gasteiger charge is 2.07. The van der Waals surface area contributed by atoms with Crippen molar-refractivity contribution in [2.45, 2.75) is 39.7 Å². The zero-order valence-electron chi connectivity index (χ0n) is 7.74. The van der Waals surface area contributed by atoms with Gasteiger partial charge in [0, 0.05) is 17.2 Å². The van der Waals surface area contributed by atoms with Crippen molar-refractivity contribution in [2.24, 2.45) is 5.92 Å². The summed E-state index contributed by atoms with van der Waals surface area (Å²) in [6.45, 7) is 6.11. The Labute approximate surface area is 79.6 Å². The first kappa shape index (κ1) is 12.3. The lowest BCUT2D eigenvalue weighted by atomic mass is 10.1. The van der Waals surface area contributed by atoms with Gasteiger partial charge in [0.1, 0.15) is 0 Å². The predicted octanol–water partition coefficient (Wildman–Crippen LogP) is 1.54. The van der Waals surface area contributed by atoms with E-state index in [0.29, 0.717) is 5.92 Å². The van der Waals surface area contributed by atoms with Crippen LogP contribution in [0.3, 0.4) is 0 Å². The molecule has 0 spiro atoms. The van der Waals surface area contributed by atoms with Crippen molar-refractivity contribution in [3.05, 3.63) is 0 Å². The van der Waals surface area contributed by atoms with Gasteiger partial charge in [-0.05, 0) is 25.7 Å². The van der Waals surface area contributed by atoms with Crippen LogP contribution < -0.4 is 4.72 Å². The highest BCUT2D eigenvalue weighted by Crippen LogP contribution is 2.06. The maximum absolute atomic E-state index is 10.7. The fourth-order valence-corrected chi connectivity index (χ4v) is 2.02. The first-order valence-electron chi connectivity index (χ1n) is 4.06. The molecule has 12 heavy (non-hydrogen) atoms. The van der Waals surface area contributed by atoms with Crippen LogP contribution >= 0.6 is 0 Å². The monoisotopic (exact) mass is 211 g/mol. The SMILES string of the molecule is CC(C)CC[C@@H](C)NS(=O)(O)=S. The molecule has 2 N–H and O–H groups in total. The number of nitrogens with one attached hydrogen (secondary N) is 1. The standard InChI is InChI=1S/C7H17NO2S2/c1-6(2)4-5-7(3)8-12(9,10)11/h6-8H,4-5H2,1-3H3,(H,9,10,11)/t7-/m1/s1. The maximum Gasteiger partial charge on any atom is 0.207 e. The minimum Gasteiger partial charge on any atom is -0.294 e. The van der Waals surface area contributed by atoms with Crippen molar-refractivity contribution in [1.29, 1.82) is 0 Å². The third-order valence-electron chi connectivity index (χ3n) is 1.53. The molecule has 0 heterocycles. The van der Waals surface area contributed by atoms with Crippen molar-refractivity contribution in [2.75, 3.05) is 0 Å². The van der Waals surface area contributed by atoms with E-state index in [2.05, 4.69) is 29.8 Å². The first-order chi connectivity index (χ1) is 5.31. The minimum atomic E-state index is -3.19. The van der Waals surface area contributed by atoms with E-state index in [1.165, 1.54) is 0 Å². The van der Waals surface area contributed by atoms with Gasteiger partial charge in [0.25, 0.3) is 0 Å². The van der Waals surface area contributed by atoms with Crippen LogP contribution in [0.5, 0.6) is 0 Å². The lowest BCUT2D eigenvalue weighted by molar-refractivity contribution is 0.476. The third kappa shape index (κ3) is 8.39. The smallest absolute Gasteiger partial charge is 0.207 e. The molecule has 0 saturated heterocycles. The molecule has 1 unspecified atom stereocenters. The highest BCUT2D eigenvalue weighted by molar-refractivity contribution is 8.28. The Morgan fingerprint density at radius 1 is 1.42 bits per heavy atom. The second kappa shape index (κ2) is 5.11. The average molecular weight is 211 g/mol. The van der Waals surface area contributed by atoms with Crippen LogP contribution in [-0.2, 0) is 20.1 Å². The number of rotatable bonds is 5. The Kier molecular flexibility index (Phi) is 5.24. The van der Waals surface area contributed by atoms with Crippen molar-refractivity contribution in [1.82, 2.24) is 4.72 Å². The molecule has 0 aliphatic rings. The van der Waals surface area contributed by atoms with Crippen LogP contribution in [0, 0.1) is 5.92 Å². The Bertz CT molecular complexity index is 211. The van der Waals surface area contributed by atoms with Crippen LogP contribution in [0.4, 0.5) is 0 Å². The lowest BCUT2D eigenvalue weighted by Gasteiger charge is -2.13. The molecule has 0 fully saturated rings. The van der Waals surface area contributed by atoms with Crippen molar-refractivity contribution in [3.63, 3.8) is 0 Å².